The molecule has 0 spiro atoms. The molecular weight excluding hydrogens is 322 g/mol. The van der Waals surface area contributed by atoms with Crippen LogP contribution >= 0.6 is 11.3 Å². The molecule has 3 heterocycles. The van der Waals surface area contributed by atoms with Gasteiger partial charge in [0.1, 0.15) is 4.83 Å². The number of hydrogen-bond donors (Lipinski definition) is 1. The maximum atomic E-state index is 11.8. The lowest BCUT2D eigenvalue weighted by Crippen LogP contribution is -2.38. The first-order valence-electron chi connectivity index (χ1n) is 7.00. The predicted octanol–water partition coefficient (Wildman–Crippen LogP) is 1.53. The first kappa shape index (κ1) is 15.4. The number of nitrogens with zero attached hydrogens (tertiary/aromatic N) is 2. The summed E-state index contributed by atoms with van der Waals surface area (Å²) in [7, 11) is -3.23. The molecule has 8 heteroatoms. The number of nitrogens with two attached hydrogens (primary N) is 1. The van der Waals surface area contributed by atoms with E-state index >= 15 is 0 Å². The molecule has 22 heavy (non-hydrogen) atoms. The molecule has 2 N–H and O–H groups in total. The molecule has 0 bridgehead atoms. The van der Waals surface area contributed by atoms with Gasteiger partial charge in [0, 0.05) is 30.6 Å². The summed E-state index contributed by atoms with van der Waals surface area (Å²) in [6, 6.07) is 3.74. The molecule has 0 radical (unpaired) electrons. The van der Waals surface area contributed by atoms with E-state index in [1.165, 1.54) is 21.9 Å². The minimum Gasteiger partial charge on any atom is -0.365 e. The number of pyridine rings is 1. The highest BCUT2D eigenvalue weighted by atomic mass is 32.2. The number of carbonyl (C=O) groups is 1. The number of rotatable bonds is 3. The molecule has 0 aliphatic carbocycles. The molecule has 1 fully saturated rings. The molecule has 1 atom stereocenters. The van der Waals surface area contributed by atoms with Crippen LogP contribution in [0.25, 0.3) is 10.2 Å². The van der Waals surface area contributed by atoms with Gasteiger partial charge < -0.3 is 5.73 Å². The van der Waals surface area contributed by atoms with Crippen molar-refractivity contribution in [3.8, 4) is 0 Å². The number of sulfonamides is 1. The molecule has 1 unspecified atom stereocenters. The van der Waals surface area contributed by atoms with Crippen LogP contribution < -0.4 is 5.73 Å². The lowest BCUT2D eigenvalue weighted by molar-refractivity contribution is 0.100. The van der Waals surface area contributed by atoms with Crippen LogP contribution in [0.3, 0.4) is 0 Å². The number of thiophene rings is 1. The fourth-order valence-electron chi connectivity index (χ4n) is 3.02. The van der Waals surface area contributed by atoms with Crippen LogP contribution in [0.5, 0.6) is 0 Å². The van der Waals surface area contributed by atoms with E-state index in [4.69, 9.17) is 5.73 Å². The van der Waals surface area contributed by atoms with Gasteiger partial charge in [-0.15, -0.1) is 11.3 Å². The third kappa shape index (κ3) is 2.73. The number of primary amides is 1. The van der Waals surface area contributed by atoms with E-state index in [0.29, 0.717) is 18.0 Å². The summed E-state index contributed by atoms with van der Waals surface area (Å²) < 4.78 is 25.1. The Labute approximate surface area is 133 Å². The topological polar surface area (TPSA) is 93.4 Å². The Hall–Kier alpha value is -1.51. The maximum Gasteiger partial charge on any atom is 0.259 e. The molecule has 6 nitrogen and oxygen atoms in total. The second-order valence-corrected chi connectivity index (χ2v) is 8.51. The average molecular weight is 339 g/mol. The van der Waals surface area contributed by atoms with E-state index in [-0.39, 0.29) is 5.92 Å². The number of piperidine rings is 1. The van der Waals surface area contributed by atoms with Gasteiger partial charge in [0.2, 0.25) is 10.0 Å². The summed E-state index contributed by atoms with van der Waals surface area (Å²) in [6.07, 6.45) is 4.51. The van der Waals surface area contributed by atoms with Crippen LogP contribution in [0.15, 0.2) is 18.3 Å². The molecule has 1 saturated heterocycles. The fourth-order valence-corrected chi connectivity index (χ4v) is 5.01. The fraction of sp³-hybridized carbons (Fsp3) is 0.429. The van der Waals surface area contributed by atoms with E-state index in [0.717, 1.165) is 28.6 Å². The number of aromatic nitrogens is 1. The lowest BCUT2D eigenvalue weighted by atomic mass is 9.90. The number of hydrogen-bond acceptors (Lipinski definition) is 5. The van der Waals surface area contributed by atoms with Crippen LogP contribution in [0.2, 0.25) is 0 Å². The Balaban J connectivity index is 2.09. The van der Waals surface area contributed by atoms with Gasteiger partial charge in [-0.1, -0.05) is 6.07 Å². The van der Waals surface area contributed by atoms with Crippen molar-refractivity contribution in [1.82, 2.24) is 9.29 Å². The Morgan fingerprint density at radius 2 is 2.27 bits per heavy atom. The van der Waals surface area contributed by atoms with Crippen LogP contribution in [0.1, 0.15) is 34.0 Å². The first-order chi connectivity index (χ1) is 10.4. The van der Waals surface area contributed by atoms with Crippen molar-refractivity contribution >= 4 is 37.5 Å². The van der Waals surface area contributed by atoms with Gasteiger partial charge in [0.25, 0.3) is 5.91 Å². The van der Waals surface area contributed by atoms with Gasteiger partial charge in [-0.2, -0.15) is 0 Å². The van der Waals surface area contributed by atoms with Gasteiger partial charge in [0.05, 0.1) is 11.1 Å². The zero-order chi connectivity index (χ0) is 15.9. The summed E-state index contributed by atoms with van der Waals surface area (Å²) in [5.41, 5.74) is 6.37. The monoisotopic (exact) mass is 339 g/mol. The standard InChI is InChI=1S/C14H17N3O3S2/c1-22(19,20)17-7-3-4-9(8-17)11-10-5-2-6-16-14(10)21-12(11)13(15)18/h2,5-6,9H,3-4,7-8H2,1H3,(H2,15,18). The van der Waals surface area contributed by atoms with E-state index < -0.39 is 15.9 Å². The average Bonchev–Trinajstić information content (AvgIpc) is 2.86. The van der Waals surface area contributed by atoms with E-state index in [2.05, 4.69) is 4.98 Å². The SMILES string of the molecule is CS(=O)(=O)N1CCCC(c2c(C(N)=O)sc3ncccc23)C1. The van der Waals surface area contributed by atoms with Crippen molar-refractivity contribution in [2.45, 2.75) is 18.8 Å². The normalized spacial score (nSPS) is 20.3. The molecular formula is C14H17N3O3S2. The highest BCUT2D eigenvalue weighted by molar-refractivity contribution is 7.88. The van der Waals surface area contributed by atoms with E-state index in [1.807, 2.05) is 12.1 Å². The number of amides is 1. The number of fused-ring (bicyclic) bond motifs is 1. The molecule has 118 valence electrons. The van der Waals surface area contributed by atoms with Crippen molar-refractivity contribution in [3.05, 3.63) is 28.8 Å². The molecule has 1 aliphatic heterocycles. The van der Waals surface area contributed by atoms with Crippen molar-refractivity contribution in [2.24, 2.45) is 5.73 Å². The Bertz CT molecular complexity index is 829. The molecule has 1 aliphatic rings. The van der Waals surface area contributed by atoms with Crippen molar-refractivity contribution in [1.29, 1.82) is 0 Å². The van der Waals surface area contributed by atoms with Crippen LogP contribution in [-0.2, 0) is 10.0 Å². The van der Waals surface area contributed by atoms with Crippen molar-refractivity contribution in [2.75, 3.05) is 19.3 Å². The largest absolute Gasteiger partial charge is 0.365 e. The molecule has 1 amide bonds. The summed E-state index contributed by atoms with van der Waals surface area (Å²) in [5, 5.41) is 0.904. The van der Waals surface area contributed by atoms with Crippen LogP contribution in [-0.4, -0.2) is 43.0 Å². The van der Waals surface area contributed by atoms with E-state index in [9.17, 15) is 13.2 Å². The highest BCUT2D eigenvalue weighted by Gasteiger charge is 2.31. The Morgan fingerprint density at radius 3 is 2.95 bits per heavy atom. The van der Waals surface area contributed by atoms with Crippen molar-refractivity contribution in [3.63, 3.8) is 0 Å². The summed E-state index contributed by atoms with van der Waals surface area (Å²) in [4.78, 5) is 17.3. The first-order valence-corrected chi connectivity index (χ1v) is 9.66. The van der Waals surface area contributed by atoms with Crippen LogP contribution in [0, 0.1) is 0 Å². The molecule has 3 rings (SSSR count). The van der Waals surface area contributed by atoms with Gasteiger partial charge in [0.15, 0.2) is 0 Å². The van der Waals surface area contributed by atoms with E-state index in [1.54, 1.807) is 6.20 Å². The predicted molar refractivity (Wildman–Crippen MR) is 86.5 cm³/mol. The minimum atomic E-state index is -3.23. The third-order valence-corrected chi connectivity index (χ3v) is 6.40. The molecule has 0 saturated carbocycles. The zero-order valence-corrected chi connectivity index (χ0v) is 13.8. The van der Waals surface area contributed by atoms with Crippen molar-refractivity contribution < 1.29 is 13.2 Å². The maximum absolute atomic E-state index is 11.8. The zero-order valence-electron chi connectivity index (χ0n) is 12.2. The second-order valence-electron chi connectivity index (χ2n) is 5.53. The van der Waals surface area contributed by atoms with Gasteiger partial charge in [-0.05, 0) is 24.5 Å². The quantitative estimate of drug-likeness (QED) is 0.918. The highest BCUT2D eigenvalue weighted by Crippen LogP contribution is 2.39. The second kappa shape index (κ2) is 5.60. The summed E-state index contributed by atoms with van der Waals surface area (Å²) in [5.74, 6) is -0.501. The smallest absolute Gasteiger partial charge is 0.259 e. The molecule has 0 aromatic carbocycles. The summed E-state index contributed by atoms with van der Waals surface area (Å²) >= 11 is 1.28. The van der Waals surface area contributed by atoms with Gasteiger partial charge in [-0.3, -0.25) is 4.79 Å². The Morgan fingerprint density at radius 1 is 1.50 bits per heavy atom. The molecule has 2 aromatic heterocycles. The minimum absolute atomic E-state index is 0.0241. The lowest BCUT2D eigenvalue weighted by Gasteiger charge is -2.31. The molecule has 2 aromatic rings. The van der Waals surface area contributed by atoms with Gasteiger partial charge in [-0.25, -0.2) is 17.7 Å². The third-order valence-electron chi connectivity index (χ3n) is 3.99. The van der Waals surface area contributed by atoms with Crippen LogP contribution in [0.4, 0.5) is 0 Å². The Kier molecular flexibility index (Phi) is 3.92. The van der Waals surface area contributed by atoms with Gasteiger partial charge >= 0.3 is 0 Å². The number of carbonyl (C=O) groups excluding carboxylic acids is 1. The summed E-state index contributed by atoms with van der Waals surface area (Å²) in [6.45, 7) is 0.918.